The Labute approximate surface area is 141 Å². The first-order valence-corrected chi connectivity index (χ1v) is 8.32. The van der Waals surface area contributed by atoms with Crippen LogP contribution in [0.5, 0.6) is 0 Å². The van der Waals surface area contributed by atoms with Gasteiger partial charge in [0.05, 0.1) is 13.2 Å². The SMILES string of the molecule is Clc1cccc(CCCNc2cc(N3CCOCC3)ncn2)c1. The Balaban J connectivity index is 1.48. The molecule has 1 fully saturated rings. The van der Waals surface area contributed by atoms with Crippen LogP contribution in [-0.2, 0) is 11.2 Å². The minimum absolute atomic E-state index is 0.756. The fourth-order valence-electron chi connectivity index (χ4n) is 2.61. The zero-order valence-corrected chi connectivity index (χ0v) is 13.8. The lowest BCUT2D eigenvalue weighted by Crippen LogP contribution is -2.36. The molecule has 1 aliphatic heterocycles. The molecular formula is C17H21ClN4O. The van der Waals surface area contributed by atoms with Gasteiger partial charge in [-0.25, -0.2) is 9.97 Å². The molecule has 1 aromatic heterocycles. The highest BCUT2D eigenvalue weighted by Crippen LogP contribution is 2.16. The van der Waals surface area contributed by atoms with Crippen LogP contribution in [-0.4, -0.2) is 42.8 Å². The Morgan fingerprint density at radius 3 is 2.87 bits per heavy atom. The number of morpholine rings is 1. The van der Waals surface area contributed by atoms with Crippen molar-refractivity contribution in [3.8, 4) is 0 Å². The summed E-state index contributed by atoms with van der Waals surface area (Å²) >= 11 is 6.00. The van der Waals surface area contributed by atoms with Gasteiger partial charge in [0.2, 0.25) is 0 Å². The van der Waals surface area contributed by atoms with Gasteiger partial charge in [-0.1, -0.05) is 23.7 Å². The van der Waals surface area contributed by atoms with E-state index in [1.54, 1.807) is 6.33 Å². The van der Waals surface area contributed by atoms with E-state index in [0.717, 1.165) is 62.3 Å². The molecule has 0 bridgehead atoms. The molecule has 0 unspecified atom stereocenters. The number of ether oxygens (including phenoxy) is 1. The molecule has 0 amide bonds. The summed E-state index contributed by atoms with van der Waals surface area (Å²) in [7, 11) is 0. The summed E-state index contributed by atoms with van der Waals surface area (Å²) in [6.07, 6.45) is 3.64. The van der Waals surface area contributed by atoms with E-state index in [1.807, 2.05) is 24.3 Å². The van der Waals surface area contributed by atoms with Crippen LogP contribution in [0, 0.1) is 0 Å². The van der Waals surface area contributed by atoms with E-state index in [-0.39, 0.29) is 0 Å². The number of rotatable bonds is 6. The Bertz CT molecular complexity index is 631. The van der Waals surface area contributed by atoms with Crippen molar-refractivity contribution in [2.75, 3.05) is 43.1 Å². The van der Waals surface area contributed by atoms with Gasteiger partial charge in [-0.05, 0) is 30.5 Å². The average molecular weight is 333 g/mol. The van der Waals surface area contributed by atoms with Gasteiger partial charge < -0.3 is 15.0 Å². The zero-order chi connectivity index (χ0) is 15.9. The van der Waals surface area contributed by atoms with Crippen LogP contribution in [0.2, 0.25) is 5.02 Å². The van der Waals surface area contributed by atoms with Crippen LogP contribution < -0.4 is 10.2 Å². The molecule has 5 nitrogen and oxygen atoms in total. The Hall–Kier alpha value is -1.85. The second-order valence-corrected chi connectivity index (χ2v) is 5.96. The number of anilines is 2. The number of aryl methyl sites for hydroxylation is 1. The van der Waals surface area contributed by atoms with E-state index in [9.17, 15) is 0 Å². The Morgan fingerprint density at radius 1 is 1.17 bits per heavy atom. The minimum Gasteiger partial charge on any atom is -0.378 e. The van der Waals surface area contributed by atoms with Crippen LogP contribution >= 0.6 is 11.6 Å². The second-order valence-electron chi connectivity index (χ2n) is 5.52. The summed E-state index contributed by atoms with van der Waals surface area (Å²) in [5.41, 5.74) is 1.26. The van der Waals surface area contributed by atoms with E-state index in [0.29, 0.717) is 0 Å². The molecule has 0 spiro atoms. The van der Waals surface area contributed by atoms with Gasteiger partial charge in [-0.2, -0.15) is 0 Å². The van der Waals surface area contributed by atoms with Crippen molar-refractivity contribution < 1.29 is 4.74 Å². The summed E-state index contributed by atoms with van der Waals surface area (Å²) in [6.45, 7) is 4.14. The van der Waals surface area contributed by atoms with Crippen molar-refractivity contribution in [2.24, 2.45) is 0 Å². The number of aromatic nitrogens is 2. The number of nitrogens with zero attached hydrogens (tertiary/aromatic N) is 3. The van der Waals surface area contributed by atoms with Crippen molar-refractivity contribution in [3.05, 3.63) is 47.2 Å². The minimum atomic E-state index is 0.756. The largest absolute Gasteiger partial charge is 0.378 e. The van der Waals surface area contributed by atoms with Gasteiger partial charge in [0.1, 0.15) is 18.0 Å². The third-order valence-corrected chi connectivity index (χ3v) is 4.06. The lowest BCUT2D eigenvalue weighted by atomic mass is 10.1. The molecule has 1 aliphatic rings. The number of halogens is 1. The summed E-state index contributed by atoms with van der Waals surface area (Å²) in [4.78, 5) is 10.9. The molecule has 1 saturated heterocycles. The number of hydrogen-bond donors (Lipinski definition) is 1. The predicted molar refractivity (Wildman–Crippen MR) is 93.3 cm³/mol. The molecule has 3 rings (SSSR count). The third-order valence-electron chi connectivity index (χ3n) is 3.83. The molecule has 1 aromatic carbocycles. The molecule has 2 aromatic rings. The van der Waals surface area contributed by atoms with Gasteiger partial charge >= 0.3 is 0 Å². The summed E-state index contributed by atoms with van der Waals surface area (Å²) in [5.74, 6) is 1.83. The van der Waals surface area contributed by atoms with Gasteiger partial charge in [0.25, 0.3) is 0 Å². The van der Waals surface area contributed by atoms with Gasteiger partial charge in [-0.15, -0.1) is 0 Å². The molecule has 0 aliphatic carbocycles. The summed E-state index contributed by atoms with van der Waals surface area (Å²) in [6, 6.07) is 10.0. The maximum atomic E-state index is 6.00. The molecule has 122 valence electrons. The number of benzene rings is 1. The summed E-state index contributed by atoms with van der Waals surface area (Å²) in [5, 5.41) is 4.16. The molecular weight excluding hydrogens is 312 g/mol. The van der Waals surface area contributed by atoms with E-state index in [1.165, 1.54) is 5.56 Å². The first-order valence-electron chi connectivity index (χ1n) is 7.94. The Morgan fingerprint density at radius 2 is 2.04 bits per heavy atom. The average Bonchev–Trinajstić information content (AvgIpc) is 2.60. The van der Waals surface area contributed by atoms with E-state index < -0.39 is 0 Å². The normalized spacial score (nSPS) is 14.7. The topological polar surface area (TPSA) is 50.3 Å². The fourth-order valence-corrected chi connectivity index (χ4v) is 2.82. The lowest BCUT2D eigenvalue weighted by Gasteiger charge is -2.27. The van der Waals surface area contributed by atoms with E-state index in [4.69, 9.17) is 16.3 Å². The highest BCUT2D eigenvalue weighted by molar-refractivity contribution is 6.30. The number of hydrogen-bond acceptors (Lipinski definition) is 5. The molecule has 0 radical (unpaired) electrons. The second kappa shape index (κ2) is 8.13. The Kier molecular flexibility index (Phi) is 5.66. The van der Waals surface area contributed by atoms with Crippen molar-refractivity contribution >= 4 is 23.2 Å². The first-order chi connectivity index (χ1) is 11.3. The molecule has 0 saturated carbocycles. The smallest absolute Gasteiger partial charge is 0.134 e. The molecule has 0 atom stereocenters. The zero-order valence-electron chi connectivity index (χ0n) is 13.0. The van der Waals surface area contributed by atoms with Crippen LogP contribution in [0.3, 0.4) is 0 Å². The highest BCUT2D eigenvalue weighted by Gasteiger charge is 2.12. The monoisotopic (exact) mass is 332 g/mol. The van der Waals surface area contributed by atoms with Crippen LogP contribution in [0.1, 0.15) is 12.0 Å². The predicted octanol–water partition coefficient (Wildman–Crippen LogP) is 3.01. The maximum absolute atomic E-state index is 6.00. The van der Waals surface area contributed by atoms with Crippen molar-refractivity contribution in [1.82, 2.24) is 9.97 Å². The van der Waals surface area contributed by atoms with Gasteiger partial charge in [0, 0.05) is 30.7 Å². The van der Waals surface area contributed by atoms with E-state index >= 15 is 0 Å². The quantitative estimate of drug-likeness (QED) is 0.824. The van der Waals surface area contributed by atoms with Crippen LogP contribution in [0.15, 0.2) is 36.7 Å². The van der Waals surface area contributed by atoms with Gasteiger partial charge in [-0.3, -0.25) is 0 Å². The first kappa shape index (κ1) is 16.0. The summed E-state index contributed by atoms with van der Waals surface area (Å²) < 4.78 is 5.37. The van der Waals surface area contributed by atoms with Gasteiger partial charge in [0.15, 0.2) is 0 Å². The van der Waals surface area contributed by atoms with Crippen molar-refractivity contribution in [2.45, 2.75) is 12.8 Å². The fraction of sp³-hybridized carbons (Fsp3) is 0.412. The molecule has 1 N–H and O–H groups in total. The molecule has 6 heteroatoms. The van der Waals surface area contributed by atoms with Crippen molar-refractivity contribution in [3.63, 3.8) is 0 Å². The molecule has 23 heavy (non-hydrogen) atoms. The van der Waals surface area contributed by atoms with Crippen LogP contribution in [0.4, 0.5) is 11.6 Å². The van der Waals surface area contributed by atoms with E-state index in [2.05, 4.69) is 26.3 Å². The highest BCUT2D eigenvalue weighted by atomic mass is 35.5. The maximum Gasteiger partial charge on any atom is 0.134 e. The van der Waals surface area contributed by atoms with Crippen LogP contribution in [0.25, 0.3) is 0 Å². The number of nitrogens with one attached hydrogen (secondary N) is 1. The van der Waals surface area contributed by atoms with Crippen molar-refractivity contribution in [1.29, 1.82) is 0 Å². The third kappa shape index (κ3) is 4.81. The lowest BCUT2D eigenvalue weighted by molar-refractivity contribution is 0.122. The molecule has 2 heterocycles. The standard InChI is InChI=1S/C17H21ClN4O/c18-15-5-1-3-14(11-15)4-2-6-19-16-12-17(21-13-20-16)22-7-9-23-10-8-22/h1,3,5,11-13H,2,4,6-10H2,(H,19,20,21).